The first-order valence-corrected chi connectivity index (χ1v) is 7.27. The molecular weight excluding hydrogens is 332 g/mol. The molecule has 0 radical (unpaired) electrons. The molecule has 1 aromatic heterocycles. The van der Waals surface area contributed by atoms with Gasteiger partial charge < -0.3 is 4.90 Å². The van der Waals surface area contributed by atoms with E-state index >= 15 is 0 Å². The number of aromatic nitrogens is 2. The number of carbonyl (C=O) groups excluding carboxylic acids is 1. The minimum atomic E-state index is -0.119. The molecule has 0 saturated heterocycles. The maximum atomic E-state index is 12.3. The van der Waals surface area contributed by atoms with E-state index in [4.69, 9.17) is 5.26 Å². The number of aryl methyl sites for hydroxylation is 1. The summed E-state index contributed by atoms with van der Waals surface area (Å²) in [5.41, 5.74) is 2.12. The fourth-order valence-corrected chi connectivity index (χ4v) is 2.19. The van der Waals surface area contributed by atoms with Crippen LogP contribution in [0.4, 0.5) is 0 Å². The molecule has 0 bridgehead atoms. The molecule has 2 rings (SSSR count). The summed E-state index contributed by atoms with van der Waals surface area (Å²) >= 11 is 3.39. The molecule has 0 unspecified atom stereocenters. The Morgan fingerprint density at radius 2 is 2.10 bits per heavy atom. The predicted molar refractivity (Wildman–Crippen MR) is 83.2 cm³/mol. The smallest absolute Gasteiger partial charge is 0.257 e. The maximum absolute atomic E-state index is 12.3. The monoisotopic (exact) mass is 346 g/mol. The zero-order valence-electron chi connectivity index (χ0n) is 11.9. The number of halogens is 1. The van der Waals surface area contributed by atoms with Gasteiger partial charge in [-0.15, -0.1) is 0 Å². The van der Waals surface area contributed by atoms with E-state index in [0.717, 1.165) is 10.2 Å². The van der Waals surface area contributed by atoms with Crippen molar-refractivity contribution in [2.75, 3.05) is 13.6 Å². The second-order valence-electron chi connectivity index (χ2n) is 4.68. The average molecular weight is 347 g/mol. The van der Waals surface area contributed by atoms with Crippen LogP contribution in [-0.2, 0) is 0 Å². The average Bonchev–Trinajstić information content (AvgIpc) is 2.86. The molecule has 0 spiro atoms. The fourth-order valence-electron chi connectivity index (χ4n) is 1.92. The van der Waals surface area contributed by atoms with Gasteiger partial charge in [0, 0.05) is 24.3 Å². The summed E-state index contributed by atoms with van der Waals surface area (Å²) in [5.74, 6) is -0.119. The van der Waals surface area contributed by atoms with E-state index in [2.05, 4.69) is 21.0 Å². The van der Waals surface area contributed by atoms with Crippen LogP contribution in [0, 0.1) is 18.3 Å². The molecule has 0 aliphatic rings. The van der Waals surface area contributed by atoms with Crippen LogP contribution in [0.2, 0.25) is 0 Å². The predicted octanol–water partition coefficient (Wildman–Crippen LogP) is 2.93. The van der Waals surface area contributed by atoms with Gasteiger partial charge in [-0.2, -0.15) is 10.4 Å². The summed E-state index contributed by atoms with van der Waals surface area (Å²) < 4.78 is 2.68. The van der Waals surface area contributed by atoms with Crippen molar-refractivity contribution in [1.82, 2.24) is 14.7 Å². The summed E-state index contributed by atoms with van der Waals surface area (Å²) in [4.78, 5) is 13.9. The number of nitriles is 1. The van der Waals surface area contributed by atoms with Crippen LogP contribution >= 0.6 is 15.9 Å². The molecule has 0 N–H and O–H groups in total. The molecule has 0 fully saturated rings. The Labute approximate surface area is 131 Å². The van der Waals surface area contributed by atoms with Crippen LogP contribution in [0.5, 0.6) is 0 Å². The molecule has 0 aliphatic carbocycles. The Morgan fingerprint density at radius 3 is 2.71 bits per heavy atom. The van der Waals surface area contributed by atoms with E-state index in [-0.39, 0.29) is 5.91 Å². The van der Waals surface area contributed by atoms with Crippen LogP contribution < -0.4 is 0 Å². The highest BCUT2D eigenvalue weighted by Gasteiger charge is 2.17. The van der Waals surface area contributed by atoms with Crippen molar-refractivity contribution in [3.63, 3.8) is 0 Å². The van der Waals surface area contributed by atoms with E-state index in [1.165, 1.54) is 0 Å². The zero-order chi connectivity index (χ0) is 15.4. The molecule has 108 valence electrons. The molecule has 0 saturated carbocycles. The van der Waals surface area contributed by atoms with Gasteiger partial charge in [0.2, 0.25) is 0 Å². The molecular formula is C15H15BrN4O. The SMILES string of the molecule is Cc1nn(-c2ccc(Br)cc2)cc1C(=O)N(C)CCC#N. The van der Waals surface area contributed by atoms with Gasteiger partial charge in [-0.1, -0.05) is 15.9 Å². The van der Waals surface area contributed by atoms with E-state index in [0.29, 0.717) is 24.2 Å². The Balaban J connectivity index is 2.25. The van der Waals surface area contributed by atoms with E-state index < -0.39 is 0 Å². The van der Waals surface area contributed by atoms with Gasteiger partial charge >= 0.3 is 0 Å². The van der Waals surface area contributed by atoms with Crippen LogP contribution in [0.3, 0.4) is 0 Å². The van der Waals surface area contributed by atoms with Gasteiger partial charge in [0.1, 0.15) is 0 Å². The van der Waals surface area contributed by atoms with Gasteiger partial charge in [-0.3, -0.25) is 4.79 Å². The summed E-state index contributed by atoms with van der Waals surface area (Å²) in [6.45, 7) is 2.22. The number of benzene rings is 1. The zero-order valence-corrected chi connectivity index (χ0v) is 13.5. The Hall–Kier alpha value is -2.13. The highest BCUT2D eigenvalue weighted by atomic mass is 79.9. The number of rotatable bonds is 4. The van der Waals surface area contributed by atoms with Gasteiger partial charge in [0.25, 0.3) is 5.91 Å². The first-order chi connectivity index (χ1) is 10.0. The fraction of sp³-hybridized carbons (Fsp3) is 0.267. The van der Waals surface area contributed by atoms with Gasteiger partial charge in [-0.05, 0) is 31.2 Å². The molecule has 1 amide bonds. The van der Waals surface area contributed by atoms with E-state index in [9.17, 15) is 4.79 Å². The quantitative estimate of drug-likeness (QED) is 0.854. The van der Waals surface area contributed by atoms with Gasteiger partial charge in [0.15, 0.2) is 0 Å². The first-order valence-electron chi connectivity index (χ1n) is 6.47. The second-order valence-corrected chi connectivity index (χ2v) is 5.60. The van der Waals surface area contributed by atoms with Crippen molar-refractivity contribution >= 4 is 21.8 Å². The highest BCUT2D eigenvalue weighted by molar-refractivity contribution is 9.10. The number of hydrogen-bond donors (Lipinski definition) is 0. The standard InChI is InChI=1S/C15H15BrN4O/c1-11-14(15(21)19(2)9-3-8-17)10-20(18-11)13-6-4-12(16)5-7-13/h4-7,10H,3,9H2,1-2H3. The minimum absolute atomic E-state index is 0.119. The number of nitrogens with zero attached hydrogens (tertiary/aromatic N) is 4. The Bertz CT molecular complexity index is 685. The van der Waals surface area contributed by atoms with Crippen molar-refractivity contribution in [3.8, 4) is 11.8 Å². The van der Waals surface area contributed by atoms with E-state index in [1.807, 2.05) is 30.3 Å². The molecule has 0 atom stereocenters. The normalized spacial score (nSPS) is 10.2. The molecule has 1 heterocycles. The lowest BCUT2D eigenvalue weighted by Crippen LogP contribution is -2.27. The molecule has 5 nitrogen and oxygen atoms in total. The highest BCUT2D eigenvalue weighted by Crippen LogP contribution is 2.16. The summed E-state index contributed by atoms with van der Waals surface area (Å²) in [7, 11) is 1.69. The minimum Gasteiger partial charge on any atom is -0.341 e. The molecule has 0 aliphatic heterocycles. The largest absolute Gasteiger partial charge is 0.341 e. The van der Waals surface area contributed by atoms with Gasteiger partial charge in [-0.25, -0.2) is 4.68 Å². The van der Waals surface area contributed by atoms with E-state index in [1.54, 1.807) is 29.7 Å². The first kappa shape index (κ1) is 15.3. The third kappa shape index (κ3) is 3.50. The summed E-state index contributed by atoms with van der Waals surface area (Å²) in [6.07, 6.45) is 2.05. The molecule has 1 aromatic carbocycles. The molecule has 6 heteroatoms. The van der Waals surface area contributed by atoms with Crippen molar-refractivity contribution in [1.29, 1.82) is 5.26 Å². The van der Waals surface area contributed by atoms with Crippen LogP contribution in [0.1, 0.15) is 22.5 Å². The van der Waals surface area contributed by atoms with Crippen LogP contribution in [0.15, 0.2) is 34.9 Å². The summed E-state index contributed by atoms with van der Waals surface area (Å²) in [5, 5.41) is 13.0. The molecule has 2 aromatic rings. The third-order valence-electron chi connectivity index (χ3n) is 3.13. The Morgan fingerprint density at radius 1 is 1.43 bits per heavy atom. The van der Waals surface area contributed by atoms with Gasteiger partial charge in [0.05, 0.1) is 29.4 Å². The van der Waals surface area contributed by atoms with Crippen molar-refractivity contribution in [2.45, 2.75) is 13.3 Å². The maximum Gasteiger partial charge on any atom is 0.257 e. The van der Waals surface area contributed by atoms with Crippen LogP contribution in [-0.4, -0.2) is 34.2 Å². The Kier molecular flexibility index (Phi) is 4.76. The number of amides is 1. The lowest BCUT2D eigenvalue weighted by atomic mass is 10.2. The lowest BCUT2D eigenvalue weighted by Gasteiger charge is -2.14. The summed E-state index contributed by atoms with van der Waals surface area (Å²) in [6, 6.07) is 9.73. The van der Waals surface area contributed by atoms with Crippen molar-refractivity contribution in [2.24, 2.45) is 0 Å². The number of hydrogen-bond acceptors (Lipinski definition) is 3. The van der Waals surface area contributed by atoms with Crippen LogP contribution in [0.25, 0.3) is 5.69 Å². The molecule has 21 heavy (non-hydrogen) atoms. The third-order valence-corrected chi connectivity index (χ3v) is 3.65. The number of carbonyl (C=O) groups is 1. The topological polar surface area (TPSA) is 61.9 Å². The lowest BCUT2D eigenvalue weighted by molar-refractivity contribution is 0.0797. The second kappa shape index (κ2) is 6.55. The van der Waals surface area contributed by atoms with Crippen molar-refractivity contribution < 1.29 is 4.79 Å². The van der Waals surface area contributed by atoms with Crippen molar-refractivity contribution in [3.05, 3.63) is 46.2 Å².